The summed E-state index contributed by atoms with van der Waals surface area (Å²) in [7, 11) is 0. The molecule has 19 heavy (non-hydrogen) atoms. The minimum Gasteiger partial charge on any atom is -0.328 e. The summed E-state index contributed by atoms with van der Waals surface area (Å²) in [5, 5.41) is 11.8. The zero-order chi connectivity index (χ0) is 14.3. The lowest BCUT2D eigenvalue weighted by molar-refractivity contribution is -0.113. The summed E-state index contributed by atoms with van der Waals surface area (Å²) >= 11 is 7.43. The molecule has 0 aliphatic carbocycles. The van der Waals surface area contributed by atoms with Crippen molar-refractivity contribution in [3.05, 3.63) is 28.8 Å². The molecule has 0 radical (unpaired) electrons. The van der Waals surface area contributed by atoms with E-state index in [1.54, 1.807) is 30.0 Å². The molecule has 3 N–H and O–H groups in total. The van der Waals surface area contributed by atoms with Crippen LogP contribution in [0.25, 0.3) is 0 Å². The number of amides is 1. The van der Waals surface area contributed by atoms with Gasteiger partial charge in [-0.25, -0.2) is 0 Å². The highest BCUT2D eigenvalue weighted by molar-refractivity contribution is 7.99. The molecular weight excluding hydrogens is 282 g/mol. The van der Waals surface area contributed by atoms with Crippen molar-refractivity contribution >= 4 is 35.0 Å². The van der Waals surface area contributed by atoms with E-state index in [2.05, 4.69) is 5.32 Å². The van der Waals surface area contributed by atoms with Gasteiger partial charge in [-0.3, -0.25) is 4.79 Å². The number of nitriles is 1. The number of anilines is 1. The summed E-state index contributed by atoms with van der Waals surface area (Å²) in [4.78, 5) is 11.7. The van der Waals surface area contributed by atoms with Gasteiger partial charge in [0.25, 0.3) is 0 Å². The van der Waals surface area contributed by atoms with Crippen molar-refractivity contribution in [1.29, 1.82) is 5.26 Å². The van der Waals surface area contributed by atoms with Gasteiger partial charge in [0, 0.05) is 11.7 Å². The molecule has 1 atom stereocenters. The predicted molar refractivity (Wildman–Crippen MR) is 80.4 cm³/mol. The first-order chi connectivity index (χ1) is 9.02. The van der Waals surface area contributed by atoms with Crippen molar-refractivity contribution in [3.8, 4) is 6.07 Å². The number of thioether (sulfide) groups is 1. The molecule has 0 saturated heterocycles. The lowest BCUT2D eigenvalue weighted by atomic mass is 10.2. The van der Waals surface area contributed by atoms with Gasteiger partial charge in [0.15, 0.2) is 0 Å². The monoisotopic (exact) mass is 297 g/mol. The summed E-state index contributed by atoms with van der Waals surface area (Å²) in [6, 6.07) is 6.95. The van der Waals surface area contributed by atoms with Crippen LogP contribution in [0, 0.1) is 11.3 Å². The van der Waals surface area contributed by atoms with Crippen LogP contribution in [0.2, 0.25) is 5.02 Å². The Kier molecular flexibility index (Phi) is 6.71. The van der Waals surface area contributed by atoms with Crippen molar-refractivity contribution in [3.63, 3.8) is 0 Å². The molecule has 0 saturated carbocycles. The minimum atomic E-state index is -0.0875. The molecule has 0 bridgehead atoms. The molecule has 1 aromatic carbocycles. The van der Waals surface area contributed by atoms with E-state index in [0.717, 1.165) is 12.2 Å². The zero-order valence-electron chi connectivity index (χ0n) is 10.6. The first-order valence-corrected chi connectivity index (χ1v) is 7.39. The number of benzene rings is 1. The molecule has 4 nitrogen and oxygen atoms in total. The van der Waals surface area contributed by atoms with Gasteiger partial charge in [0.1, 0.15) is 6.07 Å². The van der Waals surface area contributed by atoms with Gasteiger partial charge in [-0.05, 0) is 37.3 Å². The Hall–Kier alpha value is -1.22. The third-order valence-electron chi connectivity index (χ3n) is 2.32. The van der Waals surface area contributed by atoms with E-state index < -0.39 is 0 Å². The van der Waals surface area contributed by atoms with E-state index in [1.807, 2.05) is 13.0 Å². The normalized spacial score (nSPS) is 11.7. The van der Waals surface area contributed by atoms with E-state index >= 15 is 0 Å². The zero-order valence-corrected chi connectivity index (χ0v) is 12.2. The van der Waals surface area contributed by atoms with E-state index in [4.69, 9.17) is 22.6 Å². The van der Waals surface area contributed by atoms with Crippen LogP contribution in [0.3, 0.4) is 0 Å². The Morgan fingerprint density at radius 3 is 2.95 bits per heavy atom. The van der Waals surface area contributed by atoms with Crippen molar-refractivity contribution in [2.45, 2.75) is 19.4 Å². The molecule has 1 aromatic rings. The van der Waals surface area contributed by atoms with Gasteiger partial charge in [-0.15, -0.1) is 0 Å². The fourth-order valence-corrected chi connectivity index (χ4v) is 2.48. The van der Waals surface area contributed by atoms with Gasteiger partial charge in [0.2, 0.25) is 5.91 Å². The summed E-state index contributed by atoms with van der Waals surface area (Å²) in [5.41, 5.74) is 6.62. The van der Waals surface area contributed by atoms with Crippen LogP contribution < -0.4 is 11.1 Å². The van der Waals surface area contributed by atoms with Crippen molar-refractivity contribution in [1.82, 2.24) is 0 Å². The number of carbonyl (C=O) groups excluding carboxylic acids is 1. The number of hydrogen-bond donors (Lipinski definition) is 2. The summed E-state index contributed by atoms with van der Waals surface area (Å²) < 4.78 is 0. The lowest BCUT2D eigenvalue weighted by Gasteiger charge is -2.07. The molecule has 0 aliphatic rings. The van der Waals surface area contributed by atoms with Crippen molar-refractivity contribution in [2.24, 2.45) is 5.73 Å². The van der Waals surface area contributed by atoms with Crippen molar-refractivity contribution < 1.29 is 4.79 Å². The van der Waals surface area contributed by atoms with E-state index in [0.29, 0.717) is 22.0 Å². The maximum absolute atomic E-state index is 11.7. The standard InChI is InChI=1S/C13H16ClN3OS/c1-9(16)4-5-19-8-13(18)17-11-3-2-10(7-15)12(14)6-11/h2-3,6,9H,4-5,8,16H2,1H3,(H,17,18). The number of rotatable bonds is 6. The smallest absolute Gasteiger partial charge is 0.234 e. The highest BCUT2D eigenvalue weighted by Crippen LogP contribution is 2.20. The summed E-state index contributed by atoms with van der Waals surface area (Å²) in [6.07, 6.45) is 0.890. The van der Waals surface area contributed by atoms with Crippen LogP contribution in [-0.2, 0) is 4.79 Å². The van der Waals surface area contributed by atoms with Gasteiger partial charge in [-0.2, -0.15) is 17.0 Å². The highest BCUT2D eigenvalue weighted by atomic mass is 35.5. The number of hydrogen-bond acceptors (Lipinski definition) is 4. The number of nitrogens with one attached hydrogen (secondary N) is 1. The molecule has 0 heterocycles. The van der Waals surface area contributed by atoms with E-state index in [-0.39, 0.29) is 11.9 Å². The maximum atomic E-state index is 11.7. The van der Waals surface area contributed by atoms with Gasteiger partial charge in [-0.1, -0.05) is 11.6 Å². The van der Waals surface area contributed by atoms with Crippen LogP contribution in [0.1, 0.15) is 18.9 Å². The second-order valence-corrected chi connectivity index (χ2v) is 5.69. The molecular formula is C13H16ClN3OS. The Bertz CT molecular complexity index is 485. The maximum Gasteiger partial charge on any atom is 0.234 e. The third-order valence-corrected chi connectivity index (χ3v) is 3.63. The van der Waals surface area contributed by atoms with E-state index in [1.165, 1.54) is 0 Å². The first-order valence-electron chi connectivity index (χ1n) is 5.85. The largest absolute Gasteiger partial charge is 0.328 e. The quantitative estimate of drug-likeness (QED) is 0.791. The molecule has 0 fully saturated rings. The fourth-order valence-electron chi connectivity index (χ4n) is 1.31. The highest BCUT2D eigenvalue weighted by Gasteiger charge is 2.05. The fraction of sp³-hybridized carbons (Fsp3) is 0.385. The van der Waals surface area contributed by atoms with Crippen molar-refractivity contribution in [2.75, 3.05) is 16.8 Å². The van der Waals surface area contributed by atoms with Gasteiger partial charge in [0.05, 0.1) is 16.3 Å². The molecule has 1 amide bonds. The van der Waals surface area contributed by atoms with Crippen LogP contribution >= 0.6 is 23.4 Å². The molecule has 102 valence electrons. The van der Waals surface area contributed by atoms with Gasteiger partial charge >= 0.3 is 0 Å². The Morgan fingerprint density at radius 2 is 2.37 bits per heavy atom. The van der Waals surface area contributed by atoms with Crippen LogP contribution in [0.4, 0.5) is 5.69 Å². The second-order valence-electron chi connectivity index (χ2n) is 4.17. The molecule has 0 aromatic heterocycles. The van der Waals surface area contributed by atoms with E-state index in [9.17, 15) is 4.79 Å². The average Bonchev–Trinajstić information content (AvgIpc) is 2.35. The average molecular weight is 298 g/mol. The number of carbonyl (C=O) groups is 1. The van der Waals surface area contributed by atoms with Crippen LogP contribution in [0.15, 0.2) is 18.2 Å². The summed E-state index contributed by atoms with van der Waals surface area (Å²) in [6.45, 7) is 1.94. The third kappa shape index (κ3) is 5.97. The lowest BCUT2D eigenvalue weighted by Crippen LogP contribution is -2.17. The topological polar surface area (TPSA) is 78.9 Å². The van der Waals surface area contributed by atoms with Crippen LogP contribution in [0.5, 0.6) is 0 Å². The summed E-state index contributed by atoms with van der Waals surface area (Å²) in [5.74, 6) is 1.15. The minimum absolute atomic E-state index is 0.0875. The molecule has 0 aliphatic heterocycles. The number of halogens is 1. The Morgan fingerprint density at radius 1 is 1.63 bits per heavy atom. The number of nitrogens with zero attached hydrogens (tertiary/aromatic N) is 1. The number of nitrogens with two attached hydrogens (primary N) is 1. The Balaban J connectivity index is 2.40. The Labute approximate surface area is 122 Å². The second kappa shape index (κ2) is 8.05. The van der Waals surface area contributed by atoms with Gasteiger partial charge < -0.3 is 11.1 Å². The molecule has 1 rings (SSSR count). The predicted octanol–water partition coefficient (Wildman–Crippen LogP) is 2.62. The SMILES string of the molecule is CC(N)CCSCC(=O)Nc1ccc(C#N)c(Cl)c1. The molecule has 6 heteroatoms. The van der Waals surface area contributed by atoms with Crippen LogP contribution in [-0.4, -0.2) is 23.5 Å². The molecule has 0 spiro atoms. The first kappa shape index (κ1) is 15.8. The molecule has 1 unspecified atom stereocenters.